The van der Waals surface area contributed by atoms with Crippen LogP contribution in [0.4, 0.5) is 0 Å². The Labute approximate surface area is 123 Å². The van der Waals surface area contributed by atoms with Crippen molar-refractivity contribution in [1.82, 2.24) is 20.3 Å². The number of rotatable bonds is 4. The van der Waals surface area contributed by atoms with Crippen LogP contribution in [0.15, 0.2) is 18.2 Å². The van der Waals surface area contributed by atoms with Crippen LogP contribution in [0.1, 0.15) is 36.5 Å². The van der Waals surface area contributed by atoms with Crippen molar-refractivity contribution in [2.24, 2.45) is 5.92 Å². The second kappa shape index (κ2) is 5.81. The summed E-state index contributed by atoms with van der Waals surface area (Å²) in [5.74, 6) is 0.290. The maximum atomic E-state index is 12.2. The van der Waals surface area contributed by atoms with E-state index in [9.17, 15) is 9.90 Å². The van der Waals surface area contributed by atoms with E-state index in [-0.39, 0.29) is 12.0 Å². The lowest BCUT2D eigenvalue weighted by Gasteiger charge is -2.10. The summed E-state index contributed by atoms with van der Waals surface area (Å²) in [6.45, 7) is 3.38. The maximum Gasteiger partial charge on any atom is 0.251 e. The third-order valence-corrected chi connectivity index (χ3v) is 4.14. The Morgan fingerprint density at radius 2 is 2.33 bits per heavy atom. The van der Waals surface area contributed by atoms with Crippen LogP contribution in [0.2, 0.25) is 0 Å². The number of aromatic nitrogens is 3. The molecular formula is C15H20N4O2. The lowest BCUT2D eigenvalue weighted by atomic mass is 10.1. The lowest BCUT2D eigenvalue weighted by molar-refractivity contribution is 0.0945. The molecular weight excluding hydrogens is 268 g/mol. The molecule has 6 heteroatoms. The van der Waals surface area contributed by atoms with Crippen LogP contribution in [-0.2, 0) is 6.54 Å². The van der Waals surface area contributed by atoms with Gasteiger partial charge in [-0.25, -0.2) is 4.68 Å². The van der Waals surface area contributed by atoms with Crippen LogP contribution in [0.5, 0.6) is 0 Å². The van der Waals surface area contributed by atoms with Gasteiger partial charge in [-0.15, -0.1) is 5.10 Å². The van der Waals surface area contributed by atoms with E-state index in [1.165, 1.54) is 0 Å². The number of aliphatic hydroxyl groups is 1. The first kappa shape index (κ1) is 14.0. The number of benzene rings is 1. The topological polar surface area (TPSA) is 80.0 Å². The summed E-state index contributed by atoms with van der Waals surface area (Å²) >= 11 is 0. The minimum absolute atomic E-state index is 0.0932. The van der Waals surface area contributed by atoms with E-state index in [1.54, 1.807) is 16.8 Å². The molecule has 2 unspecified atom stereocenters. The molecule has 1 amide bonds. The van der Waals surface area contributed by atoms with Gasteiger partial charge in [0, 0.05) is 18.7 Å². The number of hydrogen-bond acceptors (Lipinski definition) is 4. The van der Waals surface area contributed by atoms with Crippen molar-refractivity contribution >= 4 is 16.9 Å². The second-order valence-corrected chi connectivity index (χ2v) is 5.65. The zero-order chi connectivity index (χ0) is 14.8. The van der Waals surface area contributed by atoms with Gasteiger partial charge >= 0.3 is 0 Å². The molecule has 1 aromatic carbocycles. The van der Waals surface area contributed by atoms with Crippen molar-refractivity contribution < 1.29 is 9.90 Å². The Morgan fingerprint density at radius 1 is 1.48 bits per heavy atom. The average Bonchev–Trinajstić information content (AvgIpc) is 3.09. The molecule has 2 N–H and O–H groups in total. The van der Waals surface area contributed by atoms with E-state index in [0.29, 0.717) is 18.0 Å². The molecule has 0 saturated heterocycles. The van der Waals surface area contributed by atoms with Gasteiger partial charge in [-0.05, 0) is 50.3 Å². The molecule has 0 radical (unpaired) electrons. The Morgan fingerprint density at radius 3 is 3.05 bits per heavy atom. The number of fused-ring (bicyclic) bond motifs is 1. The fourth-order valence-corrected chi connectivity index (χ4v) is 2.92. The molecule has 1 saturated carbocycles. The molecule has 112 valence electrons. The van der Waals surface area contributed by atoms with Crippen LogP contribution in [0.25, 0.3) is 11.0 Å². The standard InChI is InChI=1S/C15H20N4O2/c1-2-19-14-6-4-11(8-13(14)17-18-19)15(21)16-9-10-3-5-12(20)7-10/h4,6,8,10,12,20H,2-3,5,7,9H2,1H3,(H,16,21). The SMILES string of the molecule is CCn1nnc2cc(C(=O)NCC3CCC(O)C3)ccc21. The minimum atomic E-state index is -0.202. The van der Waals surface area contributed by atoms with Gasteiger partial charge in [0.1, 0.15) is 5.52 Å². The molecule has 0 spiro atoms. The number of carbonyl (C=O) groups excluding carboxylic acids is 1. The normalized spacial score (nSPS) is 21.8. The maximum absolute atomic E-state index is 12.2. The quantitative estimate of drug-likeness (QED) is 0.889. The van der Waals surface area contributed by atoms with Crippen LogP contribution >= 0.6 is 0 Å². The van der Waals surface area contributed by atoms with Crippen LogP contribution in [0.3, 0.4) is 0 Å². The molecule has 6 nitrogen and oxygen atoms in total. The smallest absolute Gasteiger partial charge is 0.251 e. The molecule has 1 fully saturated rings. The van der Waals surface area contributed by atoms with Crippen molar-refractivity contribution in [2.75, 3.05) is 6.54 Å². The van der Waals surface area contributed by atoms with Crippen LogP contribution in [-0.4, -0.2) is 38.7 Å². The number of nitrogens with one attached hydrogen (secondary N) is 1. The fourth-order valence-electron chi connectivity index (χ4n) is 2.92. The molecule has 0 aliphatic heterocycles. The van der Waals surface area contributed by atoms with Gasteiger partial charge in [-0.2, -0.15) is 0 Å². The highest BCUT2D eigenvalue weighted by Crippen LogP contribution is 2.24. The minimum Gasteiger partial charge on any atom is -0.393 e. The molecule has 21 heavy (non-hydrogen) atoms. The molecule has 3 rings (SSSR count). The molecule has 1 aromatic heterocycles. The van der Waals surface area contributed by atoms with Gasteiger partial charge in [-0.1, -0.05) is 5.21 Å². The predicted octanol–water partition coefficient (Wildman–Crippen LogP) is 1.34. The first-order chi connectivity index (χ1) is 10.2. The number of aliphatic hydroxyl groups excluding tert-OH is 1. The zero-order valence-corrected chi connectivity index (χ0v) is 12.1. The number of nitrogens with zero attached hydrogens (tertiary/aromatic N) is 3. The van der Waals surface area contributed by atoms with E-state index in [2.05, 4.69) is 15.6 Å². The van der Waals surface area contributed by atoms with E-state index >= 15 is 0 Å². The van der Waals surface area contributed by atoms with E-state index in [0.717, 1.165) is 36.8 Å². The van der Waals surface area contributed by atoms with E-state index < -0.39 is 0 Å². The summed E-state index contributed by atoms with van der Waals surface area (Å²) in [7, 11) is 0. The van der Waals surface area contributed by atoms with Crippen LogP contribution < -0.4 is 5.32 Å². The second-order valence-electron chi connectivity index (χ2n) is 5.65. The summed E-state index contributed by atoms with van der Waals surface area (Å²) in [4.78, 5) is 12.2. The van der Waals surface area contributed by atoms with E-state index in [1.807, 2.05) is 13.0 Å². The zero-order valence-electron chi connectivity index (χ0n) is 12.1. The average molecular weight is 288 g/mol. The number of carbonyl (C=O) groups is 1. The summed E-state index contributed by atoms with van der Waals surface area (Å²) in [6, 6.07) is 5.46. The fraction of sp³-hybridized carbons (Fsp3) is 0.533. The van der Waals surface area contributed by atoms with Crippen molar-refractivity contribution in [3.8, 4) is 0 Å². The Kier molecular flexibility index (Phi) is 3.88. The number of aryl methyl sites for hydroxylation is 1. The summed E-state index contributed by atoms with van der Waals surface area (Å²) in [6.07, 6.45) is 2.40. The Balaban J connectivity index is 1.67. The van der Waals surface area contributed by atoms with Gasteiger partial charge in [-0.3, -0.25) is 4.79 Å². The molecule has 1 aliphatic carbocycles. The summed E-state index contributed by atoms with van der Waals surface area (Å²) in [5.41, 5.74) is 2.28. The van der Waals surface area contributed by atoms with Gasteiger partial charge in [0.2, 0.25) is 0 Å². The molecule has 0 bridgehead atoms. The summed E-state index contributed by atoms with van der Waals surface area (Å²) < 4.78 is 1.80. The van der Waals surface area contributed by atoms with Gasteiger partial charge in [0.25, 0.3) is 5.91 Å². The van der Waals surface area contributed by atoms with Crippen molar-refractivity contribution in [2.45, 2.75) is 38.8 Å². The largest absolute Gasteiger partial charge is 0.393 e. The molecule has 2 aromatic rings. The number of hydrogen-bond donors (Lipinski definition) is 2. The molecule has 2 atom stereocenters. The lowest BCUT2D eigenvalue weighted by Crippen LogP contribution is -2.28. The van der Waals surface area contributed by atoms with Gasteiger partial charge < -0.3 is 10.4 Å². The van der Waals surface area contributed by atoms with Crippen LogP contribution in [0, 0.1) is 5.92 Å². The highest BCUT2D eigenvalue weighted by Gasteiger charge is 2.23. The Hall–Kier alpha value is -1.95. The first-order valence-electron chi connectivity index (χ1n) is 7.47. The highest BCUT2D eigenvalue weighted by atomic mass is 16.3. The molecule has 1 aliphatic rings. The highest BCUT2D eigenvalue weighted by molar-refractivity contribution is 5.97. The van der Waals surface area contributed by atoms with E-state index in [4.69, 9.17) is 0 Å². The number of amides is 1. The third-order valence-electron chi connectivity index (χ3n) is 4.14. The van der Waals surface area contributed by atoms with Crippen molar-refractivity contribution in [3.05, 3.63) is 23.8 Å². The molecule has 1 heterocycles. The Bertz CT molecular complexity index is 652. The predicted molar refractivity (Wildman–Crippen MR) is 78.9 cm³/mol. The third kappa shape index (κ3) is 2.90. The van der Waals surface area contributed by atoms with Crippen molar-refractivity contribution in [1.29, 1.82) is 0 Å². The first-order valence-corrected chi connectivity index (χ1v) is 7.47. The monoisotopic (exact) mass is 288 g/mol. The van der Waals surface area contributed by atoms with Crippen molar-refractivity contribution in [3.63, 3.8) is 0 Å². The van der Waals surface area contributed by atoms with Gasteiger partial charge in [0.05, 0.1) is 11.6 Å². The van der Waals surface area contributed by atoms with Gasteiger partial charge in [0.15, 0.2) is 0 Å². The summed E-state index contributed by atoms with van der Waals surface area (Å²) in [5, 5.41) is 20.6.